The number of H-pyrrole nitrogens is 1. The molecule has 0 bridgehead atoms. The summed E-state index contributed by atoms with van der Waals surface area (Å²) in [7, 11) is 0. The van der Waals surface area contributed by atoms with E-state index in [-0.39, 0.29) is 23.5 Å². The molecule has 2 amide bonds. The van der Waals surface area contributed by atoms with Gasteiger partial charge >= 0.3 is 0 Å². The lowest BCUT2D eigenvalue weighted by Crippen LogP contribution is -2.43. The van der Waals surface area contributed by atoms with Crippen molar-refractivity contribution in [2.45, 2.75) is 26.7 Å². The largest absolute Gasteiger partial charge is 0.351 e. The molecule has 0 aliphatic carbocycles. The Labute approximate surface area is 139 Å². The first-order chi connectivity index (χ1) is 11.5. The van der Waals surface area contributed by atoms with Crippen LogP contribution in [0.25, 0.3) is 0 Å². The molecule has 1 aliphatic rings. The first kappa shape index (κ1) is 16.2. The van der Waals surface area contributed by atoms with Gasteiger partial charge < -0.3 is 19.7 Å². The third kappa shape index (κ3) is 3.47. The van der Waals surface area contributed by atoms with E-state index in [9.17, 15) is 9.59 Å². The lowest BCUT2D eigenvalue weighted by Gasteiger charge is -2.32. The maximum Gasteiger partial charge on any atom is 0.292 e. The number of aromatic amines is 1. The van der Waals surface area contributed by atoms with Crippen molar-refractivity contribution in [1.29, 1.82) is 0 Å². The molecule has 0 radical (unpaired) electrons. The molecule has 1 atom stereocenters. The molecular formula is C16H21N5O3. The highest BCUT2D eigenvalue weighted by Crippen LogP contribution is 2.18. The SMILES string of the molecule is Cc1cc(C(=O)N2CCCC(CNC(=O)c3nc[nH]c3C)C2)on1. The van der Waals surface area contributed by atoms with E-state index in [0.717, 1.165) is 18.5 Å². The second-order valence-electron chi connectivity index (χ2n) is 6.18. The Kier molecular flexibility index (Phi) is 4.64. The van der Waals surface area contributed by atoms with Crippen molar-refractivity contribution in [3.8, 4) is 0 Å². The molecule has 0 spiro atoms. The second-order valence-corrected chi connectivity index (χ2v) is 6.18. The minimum Gasteiger partial charge on any atom is -0.351 e. The van der Waals surface area contributed by atoms with Gasteiger partial charge in [0.15, 0.2) is 0 Å². The Balaban J connectivity index is 1.55. The van der Waals surface area contributed by atoms with Crippen LogP contribution >= 0.6 is 0 Å². The van der Waals surface area contributed by atoms with Gasteiger partial charge in [-0.05, 0) is 32.6 Å². The summed E-state index contributed by atoms with van der Waals surface area (Å²) >= 11 is 0. The van der Waals surface area contributed by atoms with Crippen LogP contribution in [0.15, 0.2) is 16.9 Å². The molecular weight excluding hydrogens is 310 g/mol. The monoisotopic (exact) mass is 331 g/mol. The Bertz CT molecular complexity index is 736. The van der Waals surface area contributed by atoms with Crippen molar-refractivity contribution >= 4 is 11.8 Å². The molecule has 2 N–H and O–H groups in total. The van der Waals surface area contributed by atoms with Gasteiger partial charge in [0.2, 0.25) is 5.76 Å². The molecule has 8 heteroatoms. The first-order valence-corrected chi connectivity index (χ1v) is 8.05. The number of aryl methyl sites for hydroxylation is 2. The Morgan fingerprint density at radius 1 is 1.46 bits per heavy atom. The fourth-order valence-electron chi connectivity index (χ4n) is 2.94. The number of amides is 2. The van der Waals surface area contributed by atoms with Gasteiger partial charge in [-0.1, -0.05) is 5.16 Å². The molecule has 2 aromatic rings. The summed E-state index contributed by atoms with van der Waals surface area (Å²) in [5, 5.41) is 6.66. The number of carbonyl (C=O) groups is 2. The third-order valence-electron chi connectivity index (χ3n) is 4.24. The summed E-state index contributed by atoms with van der Waals surface area (Å²) in [6.45, 7) is 5.40. The van der Waals surface area contributed by atoms with E-state index >= 15 is 0 Å². The predicted octanol–water partition coefficient (Wildman–Crippen LogP) is 1.30. The van der Waals surface area contributed by atoms with Gasteiger partial charge in [-0.25, -0.2) is 4.98 Å². The van der Waals surface area contributed by atoms with Crippen molar-refractivity contribution in [2.24, 2.45) is 5.92 Å². The van der Waals surface area contributed by atoms with E-state index in [2.05, 4.69) is 20.4 Å². The fourth-order valence-corrected chi connectivity index (χ4v) is 2.94. The Morgan fingerprint density at radius 2 is 2.29 bits per heavy atom. The van der Waals surface area contributed by atoms with Gasteiger partial charge in [-0.3, -0.25) is 9.59 Å². The van der Waals surface area contributed by atoms with Crippen molar-refractivity contribution < 1.29 is 14.1 Å². The number of nitrogens with one attached hydrogen (secondary N) is 2. The number of imidazole rings is 1. The number of aromatic nitrogens is 3. The zero-order valence-electron chi connectivity index (χ0n) is 13.8. The van der Waals surface area contributed by atoms with Crippen LogP contribution in [0.1, 0.15) is 45.3 Å². The molecule has 1 unspecified atom stereocenters. The van der Waals surface area contributed by atoms with E-state index in [1.54, 1.807) is 17.9 Å². The zero-order chi connectivity index (χ0) is 17.1. The van der Waals surface area contributed by atoms with E-state index in [0.29, 0.717) is 31.0 Å². The highest BCUT2D eigenvalue weighted by atomic mass is 16.5. The van der Waals surface area contributed by atoms with E-state index in [1.165, 1.54) is 6.33 Å². The maximum absolute atomic E-state index is 12.4. The molecule has 8 nitrogen and oxygen atoms in total. The Hall–Kier alpha value is -2.64. The number of rotatable bonds is 4. The topological polar surface area (TPSA) is 104 Å². The average Bonchev–Trinajstić information content (AvgIpc) is 3.20. The van der Waals surface area contributed by atoms with Crippen LogP contribution in [0.4, 0.5) is 0 Å². The number of piperidine rings is 1. The fraction of sp³-hybridized carbons (Fsp3) is 0.500. The van der Waals surface area contributed by atoms with Crippen LogP contribution in [-0.2, 0) is 0 Å². The minimum absolute atomic E-state index is 0.144. The van der Waals surface area contributed by atoms with Gasteiger partial charge in [0.1, 0.15) is 5.69 Å². The number of likely N-dealkylation sites (tertiary alicyclic amines) is 1. The van der Waals surface area contributed by atoms with Gasteiger partial charge in [0.25, 0.3) is 11.8 Å². The van der Waals surface area contributed by atoms with E-state index < -0.39 is 0 Å². The zero-order valence-corrected chi connectivity index (χ0v) is 13.8. The highest BCUT2D eigenvalue weighted by molar-refractivity contribution is 5.93. The highest BCUT2D eigenvalue weighted by Gasteiger charge is 2.27. The number of hydrogen-bond acceptors (Lipinski definition) is 5. The average molecular weight is 331 g/mol. The summed E-state index contributed by atoms with van der Waals surface area (Å²) in [4.78, 5) is 33.2. The second kappa shape index (κ2) is 6.86. The molecule has 3 heterocycles. The minimum atomic E-state index is -0.192. The smallest absolute Gasteiger partial charge is 0.292 e. The Morgan fingerprint density at radius 3 is 2.96 bits per heavy atom. The van der Waals surface area contributed by atoms with Crippen LogP contribution in [-0.4, -0.2) is 51.5 Å². The maximum atomic E-state index is 12.4. The van der Waals surface area contributed by atoms with Crippen molar-refractivity contribution in [3.05, 3.63) is 35.2 Å². The molecule has 1 fully saturated rings. The molecule has 1 aliphatic heterocycles. The van der Waals surface area contributed by atoms with Crippen LogP contribution in [0.2, 0.25) is 0 Å². The van der Waals surface area contributed by atoms with Gasteiger partial charge in [-0.2, -0.15) is 0 Å². The number of hydrogen-bond donors (Lipinski definition) is 2. The van der Waals surface area contributed by atoms with Gasteiger partial charge in [0, 0.05) is 31.4 Å². The van der Waals surface area contributed by atoms with Gasteiger partial charge in [0.05, 0.1) is 12.0 Å². The lowest BCUT2D eigenvalue weighted by atomic mass is 9.97. The quantitative estimate of drug-likeness (QED) is 0.878. The molecule has 128 valence electrons. The summed E-state index contributed by atoms with van der Waals surface area (Å²) in [5.41, 5.74) is 1.85. The molecule has 3 rings (SSSR count). The first-order valence-electron chi connectivity index (χ1n) is 8.05. The van der Waals surface area contributed by atoms with E-state index in [1.807, 2.05) is 6.92 Å². The number of nitrogens with zero attached hydrogens (tertiary/aromatic N) is 3. The van der Waals surface area contributed by atoms with Crippen molar-refractivity contribution in [3.63, 3.8) is 0 Å². The van der Waals surface area contributed by atoms with Gasteiger partial charge in [-0.15, -0.1) is 0 Å². The molecule has 0 saturated carbocycles. The van der Waals surface area contributed by atoms with Crippen LogP contribution < -0.4 is 5.32 Å². The molecule has 1 saturated heterocycles. The molecule has 2 aromatic heterocycles. The molecule has 0 aromatic carbocycles. The summed E-state index contributed by atoms with van der Waals surface area (Å²) < 4.78 is 5.05. The van der Waals surface area contributed by atoms with E-state index in [4.69, 9.17) is 4.52 Å². The van der Waals surface area contributed by atoms with Crippen LogP contribution in [0, 0.1) is 19.8 Å². The molecule has 24 heavy (non-hydrogen) atoms. The van der Waals surface area contributed by atoms with Crippen LogP contribution in [0.5, 0.6) is 0 Å². The normalized spacial score (nSPS) is 17.8. The number of carbonyl (C=O) groups excluding carboxylic acids is 2. The van der Waals surface area contributed by atoms with Crippen molar-refractivity contribution in [2.75, 3.05) is 19.6 Å². The summed E-state index contributed by atoms with van der Waals surface area (Å²) in [6, 6.07) is 1.65. The summed E-state index contributed by atoms with van der Waals surface area (Å²) in [6.07, 6.45) is 3.38. The van der Waals surface area contributed by atoms with Crippen molar-refractivity contribution in [1.82, 2.24) is 25.3 Å². The lowest BCUT2D eigenvalue weighted by molar-refractivity contribution is 0.0629. The predicted molar refractivity (Wildman–Crippen MR) is 85.5 cm³/mol. The van der Waals surface area contributed by atoms with Crippen LogP contribution in [0.3, 0.4) is 0 Å². The standard InChI is InChI=1S/C16H21N5O3/c1-10-6-13(24-20-10)16(23)21-5-3-4-12(8-21)7-17-15(22)14-11(2)18-9-19-14/h6,9,12H,3-5,7-8H2,1-2H3,(H,17,22)(H,18,19). The third-order valence-corrected chi connectivity index (χ3v) is 4.24. The summed E-state index contributed by atoms with van der Waals surface area (Å²) in [5.74, 6) is 0.150.